The van der Waals surface area contributed by atoms with Crippen LogP contribution in [0.25, 0.3) is 0 Å². The highest BCUT2D eigenvalue weighted by atomic mass is 16.3. The van der Waals surface area contributed by atoms with Gasteiger partial charge in [-0.15, -0.1) is 4.91 Å². The molecule has 0 unspecified atom stereocenters. The number of pyridine rings is 1. The van der Waals surface area contributed by atoms with Crippen LogP contribution in [0.5, 0.6) is 0 Å². The Morgan fingerprint density at radius 3 is 2.47 bits per heavy atom. The SMILES string of the molecule is CC(=O)N(c1ccc(C)cc1)c1cc(N=O)ccn1. The molecule has 0 aliphatic heterocycles. The molecule has 5 nitrogen and oxygen atoms in total. The van der Waals surface area contributed by atoms with E-state index in [1.807, 2.05) is 31.2 Å². The van der Waals surface area contributed by atoms with Gasteiger partial charge in [-0.3, -0.25) is 9.69 Å². The van der Waals surface area contributed by atoms with Crippen LogP contribution in [-0.4, -0.2) is 10.9 Å². The second-order valence-corrected chi connectivity index (χ2v) is 4.15. The summed E-state index contributed by atoms with van der Waals surface area (Å²) in [6, 6.07) is 10.5. The normalized spacial score (nSPS) is 10.0. The molecule has 19 heavy (non-hydrogen) atoms. The van der Waals surface area contributed by atoms with E-state index in [1.165, 1.54) is 30.2 Å². The fraction of sp³-hybridized carbons (Fsp3) is 0.143. The zero-order valence-electron chi connectivity index (χ0n) is 10.7. The topological polar surface area (TPSA) is 62.6 Å². The largest absolute Gasteiger partial charge is 0.274 e. The molecule has 1 heterocycles. The van der Waals surface area contributed by atoms with Crippen LogP contribution in [0, 0.1) is 11.8 Å². The summed E-state index contributed by atoms with van der Waals surface area (Å²) < 4.78 is 0. The molecule has 0 atom stereocenters. The van der Waals surface area contributed by atoms with E-state index in [-0.39, 0.29) is 11.6 Å². The van der Waals surface area contributed by atoms with E-state index in [0.29, 0.717) is 11.5 Å². The minimum Gasteiger partial charge on any atom is -0.274 e. The van der Waals surface area contributed by atoms with Crippen LogP contribution in [0.1, 0.15) is 12.5 Å². The molecule has 0 radical (unpaired) electrons. The second kappa shape index (κ2) is 5.39. The van der Waals surface area contributed by atoms with Crippen LogP contribution < -0.4 is 4.90 Å². The molecule has 2 rings (SSSR count). The zero-order chi connectivity index (χ0) is 13.8. The molecule has 1 amide bonds. The van der Waals surface area contributed by atoms with Gasteiger partial charge in [0.1, 0.15) is 11.5 Å². The zero-order valence-corrected chi connectivity index (χ0v) is 10.7. The summed E-state index contributed by atoms with van der Waals surface area (Å²) in [4.78, 5) is 27.9. The van der Waals surface area contributed by atoms with Crippen LogP contribution in [0.15, 0.2) is 47.8 Å². The van der Waals surface area contributed by atoms with Gasteiger partial charge in [-0.25, -0.2) is 4.98 Å². The lowest BCUT2D eigenvalue weighted by Crippen LogP contribution is -2.23. The van der Waals surface area contributed by atoms with Gasteiger partial charge in [-0.2, -0.15) is 0 Å². The number of aryl methyl sites for hydroxylation is 1. The monoisotopic (exact) mass is 255 g/mol. The van der Waals surface area contributed by atoms with Crippen LogP contribution in [-0.2, 0) is 4.79 Å². The maximum Gasteiger partial charge on any atom is 0.229 e. The first-order valence-electron chi connectivity index (χ1n) is 5.78. The van der Waals surface area contributed by atoms with Crippen LogP contribution >= 0.6 is 0 Å². The Morgan fingerprint density at radius 1 is 1.21 bits per heavy atom. The third-order valence-electron chi connectivity index (χ3n) is 2.67. The van der Waals surface area contributed by atoms with Crippen LogP contribution in [0.4, 0.5) is 17.2 Å². The summed E-state index contributed by atoms with van der Waals surface area (Å²) in [6.45, 7) is 3.42. The van der Waals surface area contributed by atoms with Gasteiger partial charge in [0.15, 0.2) is 0 Å². The van der Waals surface area contributed by atoms with Crippen molar-refractivity contribution in [2.45, 2.75) is 13.8 Å². The fourth-order valence-electron chi connectivity index (χ4n) is 1.76. The number of hydrogen-bond donors (Lipinski definition) is 0. The summed E-state index contributed by atoms with van der Waals surface area (Å²) in [7, 11) is 0. The van der Waals surface area contributed by atoms with E-state index in [2.05, 4.69) is 10.2 Å². The number of aromatic nitrogens is 1. The molecular formula is C14H13N3O2. The maximum absolute atomic E-state index is 11.8. The Morgan fingerprint density at radius 2 is 1.89 bits per heavy atom. The summed E-state index contributed by atoms with van der Waals surface area (Å²) >= 11 is 0. The van der Waals surface area contributed by atoms with Gasteiger partial charge in [0.05, 0.1) is 5.69 Å². The highest BCUT2D eigenvalue weighted by Crippen LogP contribution is 2.26. The number of rotatable bonds is 3. The van der Waals surface area contributed by atoms with E-state index in [1.54, 1.807) is 0 Å². The molecule has 1 aromatic heterocycles. The van der Waals surface area contributed by atoms with Gasteiger partial charge in [-0.05, 0) is 30.3 Å². The van der Waals surface area contributed by atoms with Crippen molar-refractivity contribution in [1.82, 2.24) is 4.98 Å². The number of anilines is 2. The fourth-order valence-corrected chi connectivity index (χ4v) is 1.76. The number of carbonyl (C=O) groups is 1. The quantitative estimate of drug-likeness (QED) is 0.789. The first-order chi connectivity index (χ1) is 9.11. The number of benzene rings is 1. The van der Waals surface area contributed by atoms with Crippen molar-refractivity contribution < 1.29 is 4.79 Å². The molecule has 0 saturated carbocycles. The molecule has 0 fully saturated rings. The molecule has 1 aromatic carbocycles. The van der Waals surface area contributed by atoms with Crippen molar-refractivity contribution in [2.75, 3.05) is 4.90 Å². The lowest BCUT2D eigenvalue weighted by atomic mass is 10.2. The van der Waals surface area contributed by atoms with Gasteiger partial charge in [0.25, 0.3) is 0 Å². The number of nitrogens with zero attached hydrogens (tertiary/aromatic N) is 3. The van der Waals surface area contributed by atoms with Crippen molar-refractivity contribution in [3.63, 3.8) is 0 Å². The Kier molecular flexibility index (Phi) is 3.66. The van der Waals surface area contributed by atoms with E-state index in [0.717, 1.165) is 5.56 Å². The minimum atomic E-state index is -0.181. The molecule has 0 aliphatic rings. The van der Waals surface area contributed by atoms with Crippen LogP contribution in [0.3, 0.4) is 0 Å². The van der Waals surface area contributed by atoms with Crippen molar-refractivity contribution >= 4 is 23.1 Å². The summed E-state index contributed by atoms with van der Waals surface area (Å²) in [5, 5.41) is 2.85. The second-order valence-electron chi connectivity index (χ2n) is 4.15. The van der Waals surface area contributed by atoms with Crippen molar-refractivity contribution in [1.29, 1.82) is 0 Å². The number of carbonyl (C=O) groups excluding carboxylic acids is 1. The molecule has 0 saturated heterocycles. The smallest absolute Gasteiger partial charge is 0.229 e. The Balaban J connectivity index is 2.47. The molecule has 2 aromatic rings. The van der Waals surface area contributed by atoms with E-state index >= 15 is 0 Å². The van der Waals surface area contributed by atoms with E-state index in [4.69, 9.17) is 0 Å². The lowest BCUT2D eigenvalue weighted by Gasteiger charge is -2.20. The van der Waals surface area contributed by atoms with Crippen molar-refractivity contribution in [2.24, 2.45) is 5.18 Å². The Labute approximate surface area is 110 Å². The summed E-state index contributed by atoms with van der Waals surface area (Å²) in [6.07, 6.45) is 1.45. The maximum atomic E-state index is 11.8. The summed E-state index contributed by atoms with van der Waals surface area (Å²) in [5.74, 6) is 0.202. The lowest BCUT2D eigenvalue weighted by molar-refractivity contribution is -0.115. The van der Waals surface area contributed by atoms with E-state index < -0.39 is 0 Å². The molecule has 0 bridgehead atoms. The Hall–Kier alpha value is -2.56. The van der Waals surface area contributed by atoms with E-state index in [9.17, 15) is 9.70 Å². The summed E-state index contributed by atoms with van der Waals surface area (Å²) in [5.41, 5.74) is 2.04. The molecule has 96 valence electrons. The predicted octanol–water partition coefficient (Wildman–Crippen LogP) is 3.47. The van der Waals surface area contributed by atoms with Gasteiger partial charge in [-0.1, -0.05) is 17.7 Å². The average molecular weight is 255 g/mol. The van der Waals surface area contributed by atoms with Gasteiger partial charge in [0.2, 0.25) is 5.91 Å². The average Bonchev–Trinajstić information content (AvgIpc) is 2.41. The van der Waals surface area contributed by atoms with Crippen LogP contribution in [0.2, 0.25) is 0 Å². The Bertz CT molecular complexity index is 608. The number of hydrogen-bond acceptors (Lipinski definition) is 4. The molecule has 0 N–H and O–H groups in total. The highest BCUT2D eigenvalue weighted by Gasteiger charge is 2.15. The first-order valence-corrected chi connectivity index (χ1v) is 5.78. The van der Waals surface area contributed by atoms with Gasteiger partial charge >= 0.3 is 0 Å². The molecule has 0 spiro atoms. The number of nitroso groups, excluding NO2 is 1. The third-order valence-corrected chi connectivity index (χ3v) is 2.67. The first kappa shape index (κ1) is 12.9. The van der Waals surface area contributed by atoms with Crippen molar-refractivity contribution in [3.8, 4) is 0 Å². The minimum absolute atomic E-state index is 0.181. The highest BCUT2D eigenvalue weighted by molar-refractivity contribution is 5.98. The van der Waals surface area contributed by atoms with Gasteiger partial charge < -0.3 is 0 Å². The van der Waals surface area contributed by atoms with Crippen molar-refractivity contribution in [3.05, 3.63) is 53.1 Å². The molecule has 5 heteroatoms. The standard InChI is InChI=1S/C14H13N3O2/c1-10-3-5-13(6-4-10)17(11(2)18)14-9-12(16-19)7-8-15-14/h3-9H,1-2H3. The molecular weight excluding hydrogens is 242 g/mol. The third kappa shape index (κ3) is 2.82. The number of amides is 1. The predicted molar refractivity (Wildman–Crippen MR) is 73.7 cm³/mol. The van der Waals surface area contributed by atoms with Gasteiger partial charge in [0, 0.05) is 19.2 Å². The molecule has 0 aliphatic carbocycles.